The zero-order valence-corrected chi connectivity index (χ0v) is 23.5. The number of hydrogen-bond acceptors (Lipinski definition) is 3. The van der Waals surface area contributed by atoms with Crippen molar-refractivity contribution in [2.45, 2.75) is 98.1 Å². The summed E-state index contributed by atoms with van der Waals surface area (Å²) < 4.78 is 5.51. The van der Waals surface area contributed by atoms with Crippen LogP contribution in [0.3, 0.4) is 0 Å². The Bertz CT molecular complexity index is 1010. The molecule has 3 aliphatic rings. The molecule has 198 valence electrons. The average molecular weight is 495 g/mol. The minimum absolute atomic E-state index is 0.107. The molecule has 1 saturated carbocycles. The van der Waals surface area contributed by atoms with Crippen molar-refractivity contribution in [2.75, 3.05) is 20.1 Å². The predicted molar refractivity (Wildman–Crippen MR) is 146 cm³/mol. The van der Waals surface area contributed by atoms with Crippen LogP contribution in [0, 0.1) is 24.7 Å². The number of rotatable bonds is 5. The summed E-state index contributed by atoms with van der Waals surface area (Å²) in [5.74, 6) is 1.44. The first-order valence-electron chi connectivity index (χ1n) is 14.0. The maximum atomic E-state index is 13.9. The fourth-order valence-electron chi connectivity index (χ4n) is 6.41. The molecule has 1 fully saturated rings. The van der Waals surface area contributed by atoms with Crippen molar-refractivity contribution in [2.24, 2.45) is 17.8 Å². The molecule has 4 rings (SSSR count). The van der Waals surface area contributed by atoms with E-state index in [-0.39, 0.29) is 18.1 Å². The molecule has 1 aromatic rings. The number of carbonyl (C=O) groups is 2. The van der Waals surface area contributed by atoms with Gasteiger partial charge in [-0.1, -0.05) is 37.6 Å². The predicted octanol–water partition coefficient (Wildman–Crippen LogP) is 6.63. The second-order valence-electron chi connectivity index (χ2n) is 12.8. The van der Waals surface area contributed by atoms with Crippen LogP contribution >= 0.6 is 0 Å². The van der Waals surface area contributed by atoms with E-state index in [9.17, 15) is 9.59 Å². The number of nitrogens with zero attached hydrogens (tertiary/aromatic N) is 2. The summed E-state index contributed by atoms with van der Waals surface area (Å²) in [4.78, 5) is 30.2. The van der Waals surface area contributed by atoms with E-state index in [1.807, 2.05) is 27.8 Å². The van der Waals surface area contributed by atoms with Gasteiger partial charge in [0, 0.05) is 26.1 Å². The third-order valence-corrected chi connectivity index (χ3v) is 8.15. The van der Waals surface area contributed by atoms with Crippen molar-refractivity contribution in [1.82, 2.24) is 9.80 Å². The van der Waals surface area contributed by atoms with Crippen LogP contribution in [0.2, 0.25) is 0 Å². The normalized spacial score (nSPS) is 24.0. The van der Waals surface area contributed by atoms with Gasteiger partial charge in [0.15, 0.2) is 0 Å². The molecule has 2 aliphatic carbocycles. The van der Waals surface area contributed by atoms with Crippen LogP contribution in [0.25, 0.3) is 5.57 Å². The Morgan fingerprint density at radius 2 is 1.83 bits per heavy atom. The highest BCUT2D eigenvalue weighted by molar-refractivity contribution is 5.84. The zero-order valence-electron chi connectivity index (χ0n) is 23.5. The number of hydrogen-bond donors (Lipinski definition) is 0. The highest BCUT2D eigenvalue weighted by Gasteiger charge is 2.40. The molecule has 1 unspecified atom stereocenters. The van der Waals surface area contributed by atoms with Gasteiger partial charge in [-0.15, -0.1) is 0 Å². The number of carbonyl (C=O) groups excluding carboxylic acids is 2. The highest BCUT2D eigenvalue weighted by Crippen LogP contribution is 2.44. The van der Waals surface area contributed by atoms with Gasteiger partial charge in [0.2, 0.25) is 5.91 Å². The summed E-state index contributed by atoms with van der Waals surface area (Å²) in [5.41, 5.74) is 6.71. The Kier molecular flexibility index (Phi) is 7.87. The largest absolute Gasteiger partial charge is 0.444 e. The van der Waals surface area contributed by atoms with E-state index in [4.69, 9.17) is 4.74 Å². The summed E-state index contributed by atoms with van der Waals surface area (Å²) >= 11 is 0. The third kappa shape index (κ3) is 5.98. The SMILES string of the molecule is Cc1ccc2c(c1)C1=C(C2)C(CC(C)C)N(C(=O)C2CCC(CN(C)C(=O)OC(C)(C)C)CC2)CC1. The summed E-state index contributed by atoms with van der Waals surface area (Å²) in [6.07, 6.45) is 6.56. The molecule has 0 radical (unpaired) electrons. The molecular weight excluding hydrogens is 448 g/mol. The van der Waals surface area contributed by atoms with E-state index in [1.165, 1.54) is 27.8 Å². The number of amides is 2. The third-order valence-electron chi connectivity index (χ3n) is 8.15. The molecule has 1 heterocycles. The Labute approximate surface area is 218 Å². The van der Waals surface area contributed by atoms with Gasteiger partial charge < -0.3 is 14.5 Å². The molecule has 1 aliphatic heterocycles. The molecule has 0 N–H and O–H groups in total. The fraction of sp³-hybridized carbons (Fsp3) is 0.677. The van der Waals surface area contributed by atoms with Gasteiger partial charge in [0.25, 0.3) is 0 Å². The van der Waals surface area contributed by atoms with Gasteiger partial charge in [-0.05, 0) is 107 Å². The second-order valence-corrected chi connectivity index (χ2v) is 12.8. The van der Waals surface area contributed by atoms with Crippen LogP contribution < -0.4 is 0 Å². The van der Waals surface area contributed by atoms with Crippen molar-refractivity contribution in [3.05, 3.63) is 40.5 Å². The Balaban J connectivity index is 1.39. The first kappa shape index (κ1) is 26.8. The van der Waals surface area contributed by atoms with Crippen LogP contribution in [-0.4, -0.2) is 53.6 Å². The van der Waals surface area contributed by atoms with Crippen LogP contribution in [-0.2, 0) is 16.0 Å². The summed E-state index contributed by atoms with van der Waals surface area (Å²) in [6.45, 7) is 13.9. The van der Waals surface area contributed by atoms with E-state index in [1.54, 1.807) is 4.90 Å². The number of ether oxygens (including phenoxy) is 1. The van der Waals surface area contributed by atoms with Gasteiger partial charge in [0.05, 0.1) is 6.04 Å². The van der Waals surface area contributed by atoms with Crippen LogP contribution in [0.15, 0.2) is 23.8 Å². The van der Waals surface area contributed by atoms with E-state index in [2.05, 4.69) is 43.9 Å². The molecular formula is C31H46N2O3. The molecule has 5 heteroatoms. The minimum Gasteiger partial charge on any atom is -0.444 e. The molecule has 0 aromatic heterocycles. The number of benzene rings is 1. The molecule has 0 saturated heterocycles. The standard InChI is InChI=1S/C31H46N2O3/c1-20(2)16-28-27-18-24-11-8-21(3)17-26(24)25(27)14-15-33(28)29(34)23-12-9-22(10-13-23)19-32(7)30(35)36-31(4,5)6/h8,11,17,20,22-23,28H,9-10,12-16,18-19H2,1-7H3. The highest BCUT2D eigenvalue weighted by atomic mass is 16.6. The average Bonchev–Trinajstić information content (AvgIpc) is 3.16. The Hall–Kier alpha value is -2.30. The van der Waals surface area contributed by atoms with E-state index in [0.29, 0.717) is 24.3 Å². The zero-order chi connectivity index (χ0) is 26.2. The lowest BCUT2D eigenvalue weighted by Crippen LogP contribution is -2.48. The Morgan fingerprint density at radius 3 is 2.47 bits per heavy atom. The molecule has 0 spiro atoms. The summed E-state index contributed by atoms with van der Waals surface area (Å²) in [6, 6.07) is 7.08. The smallest absolute Gasteiger partial charge is 0.410 e. The molecule has 36 heavy (non-hydrogen) atoms. The Morgan fingerprint density at radius 1 is 1.14 bits per heavy atom. The number of aryl methyl sites for hydroxylation is 1. The van der Waals surface area contributed by atoms with Crippen LogP contribution in [0.1, 0.15) is 89.8 Å². The summed E-state index contributed by atoms with van der Waals surface area (Å²) in [7, 11) is 1.82. The van der Waals surface area contributed by atoms with Crippen LogP contribution in [0.5, 0.6) is 0 Å². The van der Waals surface area contributed by atoms with Gasteiger partial charge in [-0.2, -0.15) is 0 Å². The van der Waals surface area contributed by atoms with E-state index >= 15 is 0 Å². The maximum absolute atomic E-state index is 13.9. The molecule has 1 atom stereocenters. The lowest BCUT2D eigenvalue weighted by molar-refractivity contribution is -0.139. The van der Waals surface area contributed by atoms with E-state index in [0.717, 1.165) is 51.5 Å². The van der Waals surface area contributed by atoms with Crippen molar-refractivity contribution in [3.8, 4) is 0 Å². The second kappa shape index (κ2) is 10.6. The monoisotopic (exact) mass is 494 g/mol. The first-order valence-corrected chi connectivity index (χ1v) is 14.0. The molecule has 5 nitrogen and oxygen atoms in total. The fourth-order valence-corrected chi connectivity index (χ4v) is 6.41. The molecule has 1 aromatic carbocycles. The molecule has 2 amide bonds. The minimum atomic E-state index is -0.481. The lowest BCUT2D eigenvalue weighted by Gasteiger charge is -2.41. The lowest BCUT2D eigenvalue weighted by atomic mass is 9.80. The molecule has 0 bridgehead atoms. The van der Waals surface area contributed by atoms with Crippen molar-refractivity contribution >= 4 is 17.6 Å². The van der Waals surface area contributed by atoms with Crippen LogP contribution in [0.4, 0.5) is 4.79 Å². The first-order chi connectivity index (χ1) is 16.9. The van der Waals surface area contributed by atoms with Gasteiger partial charge in [0.1, 0.15) is 5.60 Å². The van der Waals surface area contributed by atoms with Crippen molar-refractivity contribution in [1.29, 1.82) is 0 Å². The summed E-state index contributed by atoms with van der Waals surface area (Å²) in [5, 5.41) is 0. The van der Waals surface area contributed by atoms with Gasteiger partial charge >= 0.3 is 6.09 Å². The quantitative estimate of drug-likeness (QED) is 0.462. The van der Waals surface area contributed by atoms with Crippen molar-refractivity contribution < 1.29 is 14.3 Å². The van der Waals surface area contributed by atoms with Gasteiger partial charge in [-0.25, -0.2) is 4.79 Å². The topological polar surface area (TPSA) is 49.9 Å². The van der Waals surface area contributed by atoms with E-state index < -0.39 is 5.60 Å². The van der Waals surface area contributed by atoms with Crippen molar-refractivity contribution in [3.63, 3.8) is 0 Å². The maximum Gasteiger partial charge on any atom is 0.410 e. The number of fused-ring (bicyclic) bond motifs is 2. The van der Waals surface area contributed by atoms with Gasteiger partial charge in [-0.3, -0.25) is 4.79 Å².